The average Bonchev–Trinajstić information content (AvgIpc) is 2.72. The van der Waals surface area contributed by atoms with Crippen LogP contribution in [-0.2, 0) is 0 Å². The smallest absolute Gasteiger partial charge is 0.163 e. The molecule has 1 aliphatic rings. The zero-order valence-corrected chi connectivity index (χ0v) is 11.2. The second kappa shape index (κ2) is 5.71. The molecule has 0 radical (unpaired) electrons. The van der Waals surface area contributed by atoms with Gasteiger partial charge in [-0.1, -0.05) is 0 Å². The Morgan fingerprint density at radius 3 is 2.48 bits per heavy atom. The zero-order valence-electron chi connectivity index (χ0n) is 11.2. The number of benzene rings is 2. The van der Waals surface area contributed by atoms with E-state index in [4.69, 9.17) is 14.7 Å². The van der Waals surface area contributed by atoms with Crippen molar-refractivity contribution in [2.24, 2.45) is 0 Å². The molecule has 0 aromatic heterocycles. The van der Waals surface area contributed by atoms with Gasteiger partial charge in [-0.3, -0.25) is 0 Å². The number of hydrogen-bond donors (Lipinski definition) is 1. The fraction of sp³-hybridized carbons (Fsp3) is 0.188. The van der Waals surface area contributed by atoms with Gasteiger partial charge in [0.2, 0.25) is 0 Å². The lowest BCUT2D eigenvalue weighted by Gasteiger charge is -2.11. The van der Waals surface area contributed by atoms with Gasteiger partial charge in [-0.25, -0.2) is 4.39 Å². The van der Waals surface area contributed by atoms with Crippen molar-refractivity contribution in [1.29, 1.82) is 5.26 Å². The van der Waals surface area contributed by atoms with Gasteiger partial charge in [0, 0.05) is 23.9 Å². The third-order valence-corrected chi connectivity index (χ3v) is 3.13. The van der Waals surface area contributed by atoms with Gasteiger partial charge in [-0.2, -0.15) is 5.26 Å². The first-order valence-corrected chi connectivity index (χ1v) is 6.62. The molecule has 0 unspecified atom stereocenters. The number of anilines is 2. The van der Waals surface area contributed by atoms with E-state index in [2.05, 4.69) is 5.32 Å². The summed E-state index contributed by atoms with van der Waals surface area (Å²) >= 11 is 0. The molecule has 21 heavy (non-hydrogen) atoms. The first-order chi connectivity index (χ1) is 10.3. The molecule has 0 spiro atoms. The van der Waals surface area contributed by atoms with Crippen molar-refractivity contribution in [3.63, 3.8) is 0 Å². The van der Waals surface area contributed by atoms with Gasteiger partial charge in [0.25, 0.3) is 0 Å². The summed E-state index contributed by atoms with van der Waals surface area (Å²) in [5.41, 5.74) is 1.36. The van der Waals surface area contributed by atoms with Crippen LogP contribution in [-0.4, -0.2) is 13.2 Å². The summed E-state index contributed by atoms with van der Waals surface area (Å²) in [6.07, 6.45) is 0.846. The quantitative estimate of drug-likeness (QED) is 0.915. The Balaban J connectivity index is 1.83. The largest absolute Gasteiger partial charge is 0.490 e. The molecule has 0 saturated carbocycles. The number of fused-ring (bicyclic) bond motifs is 1. The highest BCUT2D eigenvalue weighted by Gasteiger charge is 2.11. The Morgan fingerprint density at radius 1 is 1.00 bits per heavy atom. The van der Waals surface area contributed by atoms with E-state index in [1.807, 2.05) is 18.2 Å². The predicted octanol–water partition coefficient (Wildman–Crippen LogP) is 3.60. The second-order valence-electron chi connectivity index (χ2n) is 4.64. The molecule has 4 nitrogen and oxygen atoms in total. The lowest BCUT2D eigenvalue weighted by atomic mass is 10.2. The number of ether oxygens (including phenoxy) is 2. The van der Waals surface area contributed by atoms with E-state index in [0.29, 0.717) is 30.4 Å². The molecule has 2 aromatic carbocycles. The molecule has 1 aliphatic heterocycles. The van der Waals surface area contributed by atoms with Crippen LogP contribution in [0.4, 0.5) is 15.8 Å². The molecule has 3 rings (SSSR count). The molecule has 0 amide bonds. The molecule has 1 heterocycles. The molecular weight excluding hydrogens is 271 g/mol. The summed E-state index contributed by atoms with van der Waals surface area (Å²) in [6, 6.07) is 11.7. The van der Waals surface area contributed by atoms with Crippen molar-refractivity contribution >= 4 is 11.4 Å². The lowest BCUT2D eigenvalue weighted by Crippen LogP contribution is -1.97. The van der Waals surface area contributed by atoms with Crippen LogP contribution < -0.4 is 14.8 Å². The normalized spacial score (nSPS) is 13.1. The Hall–Kier alpha value is -2.74. The number of nitrogens with one attached hydrogen (secondary N) is 1. The molecule has 0 aliphatic carbocycles. The SMILES string of the molecule is N#Cc1ccc(Nc2ccc3c(c2)OCCCO3)cc1F. The number of nitrogens with zero attached hydrogens (tertiary/aromatic N) is 1. The van der Waals surface area contributed by atoms with Crippen molar-refractivity contribution in [2.45, 2.75) is 6.42 Å². The van der Waals surface area contributed by atoms with Crippen LogP contribution >= 0.6 is 0 Å². The summed E-state index contributed by atoms with van der Waals surface area (Å²) in [7, 11) is 0. The van der Waals surface area contributed by atoms with E-state index in [1.165, 1.54) is 12.1 Å². The molecule has 0 saturated heterocycles. The Morgan fingerprint density at radius 2 is 1.71 bits per heavy atom. The molecule has 0 bridgehead atoms. The summed E-state index contributed by atoms with van der Waals surface area (Å²) in [5, 5.41) is 11.8. The number of hydrogen-bond acceptors (Lipinski definition) is 4. The van der Waals surface area contributed by atoms with Crippen LogP contribution in [0.5, 0.6) is 11.5 Å². The Bertz CT molecular complexity index is 710. The van der Waals surface area contributed by atoms with Crippen LogP contribution in [0, 0.1) is 17.1 Å². The van der Waals surface area contributed by atoms with E-state index < -0.39 is 5.82 Å². The zero-order chi connectivity index (χ0) is 14.7. The molecule has 106 valence electrons. The standard InChI is InChI=1S/C16H13FN2O2/c17-14-8-12(3-2-11(14)10-18)19-13-4-5-15-16(9-13)21-7-1-6-20-15/h2-5,8-9,19H,1,6-7H2. The summed E-state index contributed by atoms with van der Waals surface area (Å²) in [4.78, 5) is 0. The fourth-order valence-electron chi connectivity index (χ4n) is 2.09. The Labute approximate surface area is 121 Å². The second-order valence-corrected chi connectivity index (χ2v) is 4.64. The van der Waals surface area contributed by atoms with E-state index >= 15 is 0 Å². The topological polar surface area (TPSA) is 54.3 Å². The first-order valence-electron chi connectivity index (χ1n) is 6.62. The Kier molecular flexibility index (Phi) is 3.61. The molecule has 2 aromatic rings. The fourth-order valence-corrected chi connectivity index (χ4v) is 2.09. The predicted molar refractivity (Wildman–Crippen MR) is 76.4 cm³/mol. The van der Waals surface area contributed by atoms with Crippen molar-refractivity contribution in [3.8, 4) is 17.6 Å². The third kappa shape index (κ3) is 2.90. The van der Waals surface area contributed by atoms with E-state index in [0.717, 1.165) is 12.1 Å². The number of rotatable bonds is 2. The minimum absolute atomic E-state index is 0.0270. The van der Waals surface area contributed by atoms with Crippen LogP contribution in [0.1, 0.15) is 12.0 Å². The van der Waals surface area contributed by atoms with E-state index in [-0.39, 0.29) is 5.56 Å². The van der Waals surface area contributed by atoms with E-state index in [9.17, 15) is 4.39 Å². The summed E-state index contributed by atoms with van der Waals surface area (Å²) < 4.78 is 24.7. The summed E-state index contributed by atoms with van der Waals surface area (Å²) in [6.45, 7) is 1.25. The molecule has 0 atom stereocenters. The first kappa shape index (κ1) is 13.3. The minimum Gasteiger partial charge on any atom is -0.490 e. The van der Waals surface area contributed by atoms with Crippen molar-refractivity contribution in [3.05, 3.63) is 47.8 Å². The third-order valence-electron chi connectivity index (χ3n) is 3.13. The lowest BCUT2D eigenvalue weighted by molar-refractivity contribution is 0.297. The molecule has 1 N–H and O–H groups in total. The highest BCUT2D eigenvalue weighted by Crippen LogP contribution is 2.33. The van der Waals surface area contributed by atoms with Crippen LogP contribution in [0.25, 0.3) is 0 Å². The van der Waals surface area contributed by atoms with Gasteiger partial charge >= 0.3 is 0 Å². The maximum Gasteiger partial charge on any atom is 0.163 e. The van der Waals surface area contributed by atoms with Gasteiger partial charge in [0.15, 0.2) is 11.5 Å². The number of nitriles is 1. The van der Waals surface area contributed by atoms with Crippen LogP contribution in [0.3, 0.4) is 0 Å². The van der Waals surface area contributed by atoms with Gasteiger partial charge in [0.05, 0.1) is 18.8 Å². The summed E-state index contributed by atoms with van der Waals surface area (Å²) in [5.74, 6) is 0.840. The molecular formula is C16H13FN2O2. The van der Waals surface area contributed by atoms with Gasteiger partial charge in [-0.05, 0) is 30.3 Å². The maximum absolute atomic E-state index is 13.6. The molecule has 5 heteroatoms. The highest BCUT2D eigenvalue weighted by molar-refractivity contribution is 5.64. The van der Waals surface area contributed by atoms with Gasteiger partial charge < -0.3 is 14.8 Å². The van der Waals surface area contributed by atoms with Crippen molar-refractivity contribution in [1.82, 2.24) is 0 Å². The van der Waals surface area contributed by atoms with Gasteiger partial charge in [-0.15, -0.1) is 0 Å². The van der Waals surface area contributed by atoms with Crippen LogP contribution in [0.2, 0.25) is 0 Å². The highest BCUT2D eigenvalue weighted by atomic mass is 19.1. The van der Waals surface area contributed by atoms with E-state index in [1.54, 1.807) is 12.1 Å². The maximum atomic E-state index is 13.6. The van der Waals surface area contributed by atoms with Crippen molar-refractivity contribution in [2.75, 3.05) is 18.5 Å². The van der Waals surface area contributed by atoms with Crippen LogP contribution in [0.15, 0.2) is 36.4 Å². The number of halogens is 1. The monoisotopic (exact) mass is 284 g/mol. The minimum atomic E-state index is -0.545. The molecule has 0 fully saturated rings. The van der Waals surface area contributed by atoms with Gasteiger partial charge in [0.1, 0.15) is 11.9 Å². The average molecular weight is 284 g/mol. The van der Waals surface area contributed by atoms with Crippen molar-refractivity contribution < 1.29 is 13.9 Å².